The first-order chi connectivity index (χ1) is 26.3. The standard InChI is InChI=1S/C34H26O22/c35-12-1-8(2-13(36)21(12)41)30(48)55-29-27(47)28-18(53-34(29)56-31(49)9-3-14(37)22(42)15(38)4-9)7-52-32(50)10-5-16(39)23(43)25(45)19(10)20-11(33(51)54-28)6-17(40)24(44)26(20)46/h1-6,18,27-29,34-47H,7H2/t18-,27+,28-,29-,34+/m1/s1. The Labute approximate surface area is 309 Å². The number of carbonyl (C=O) groups excluding carboxylic acids is 4. The lowest BCUT2D eigenvalue weighted by Crippen LogP contribution is -2.62. The summed E-state index contributed by atoms with van der Waals surface area (Å²) in [5, 5.41) is 133. The molecule has 0 aliphatic carbocycles. The molecule has 1 saturated heterocycles. The minimum Gasteiger partial charge on any atom is -0.504 e. The topological polar surface area (TPSA) is 377 Å². The second-order valence-electron chi connectivity index (χ2n) is 12.0. The molecule has 4 aromatic rings. The molecule has 22 heteroatoms. The Morgan fingerprint density at radius 1 is 0.554 bits per heavy atom. The van der Waals surface area contributed by atoms with Gasteiger partial charge in [-0.15, -0.1) is 0 Å². The molecule has 4 aromatic carbocycles. The van der Waals surface area contributed by atoms with Gasteiger partial charge >= 0.3 is 23.9 Å². The highest BCUT2D eigenvalue weighted by atomic mass is 16.7. The van der Waals surface area contributed by atoms with Crippen LogP contribution in [0.1, 0.15) is 41.4 Å². The Balaban J connectivity index is 1.46. The minimum atomic E-state index is -2.41. The molecule has 0 saturated carbocycles. The lowest BCUT2D eigenvalue weighted by atomic mass is 9.92. The largest absolute Gasteiger partial charge is 0.504 e. The van der Waals surface area contributed by atoms with E-state index in [9.17, 15) is 85.6 Å². The van der Waals surface area contributed by atoms with Gasteiger partial charge in [-0.1, -0.05) is 0 Å². The van der Waals surface area contributed by atoms with Crippen molar-refractivity contribution in [2.75, 3.05) is 6.61 Å². The molecule has 2 aliphatic rings. The Kier molecular flexibility index (Phi) is 9.45. The van der Waals surface area contributed by atoms with E-state index in [0.717, 1.165) is 0 Å². The Morgan fingerprint density at radius 3 is 1.43 bits per heavy atom. The minimum absolute atomic E-state index is 0.475. The molecule has 2 heterocycles. The summed E-state index contributed by atoms with van der Waals surface area (Å²) in [4.78, 5) is 53.8. The number of fused-ring (bicyclic) bond motifs is 4. The van der Waals surface area contributed by atoms with Crippen LogP contribution in [0.5, 0.6) is 69.0 Å². The molecular formula is C34H26O22. The fourth-order valence-electron chi connectivity index (χ4n) is 5.74. The van der Waals surface area contributed by atoms with Crippen LogP contribution in [-0.2, 0) is 23.7 Å². The number of esters is 4. The summed E-state index contributed by atoms with van der Waals surface area (Å²) in [5.41, 5.74) is -5.17. The molecule has 0 aromatic heterocycles. The van der Waals surface area contributed by atoms with Crippen LogP contribution in [-0.4, -0.2) is 128 Å². The second kappa shape index (κ2) is 13.9. The van der Waals surface area contributed by atoms with Crippen molar-refractivity contribution >= 4 is 23.9 Å². The number of phenolic OH excluding ortho intramolecular Hbond substituents is 12. The summed E-state index contributed by atoms with van der Waals surface area (Å²) in [6, 6.07) is 3.47. The van der Waals surface area contributed by atoms with Crippen LogP contribution in [0.2, 0.25) is 0 Å². The van der Waals surface area contributed by atoms with Gasteiger partial charge in [0, 0.05) is 11.1 Å². The van der Waals surface area contributed by atoms with E-state index < -0.39 is 164 Å². The summed E-state index contributed by atoms with van der Waals surface area (Å²) >= 11 is 0. The first kappa shape index (κ1) is 38.0. The van der Waals surface area contributed by atoms with Crippen LogP contribution in [0.25, 0.3) is 11.1 Å². The van der Waals surface area contributed by atoms with Crippen LogP contribution in [0, 0.1) is 0 Å². The monoisotopic (exact) mass is 786 g/mol. The van der Waals surface area contributed by atoms with E-state index in [-0.39, 0.29) is 0 Å². The first-order valence-corrected chi connectivity index (χ1v) is 15.5. The summed E-state index contributed by atoms with van der Waals surface area (Å²) in [5.74, 6) is -19.9. The number of aliphatic hydroxyl groups is 1. The third kappa shape index (κ3) is 6.45. The molecule has 6 rings (SSSR count). The van der Waals surface area contributed by atoms with Crippen molar-refractivity contribution in [2.24, 2.45) is 0 Å². The summed E-state index contributed by atoms with van der Waals surface area (Å²) in [7, 11) is 0. The zero-order chi connectivity index (χ0) is 41.1. The number of aliphatic hydroxyl groups excluding tert-OH is 1. The number of aromatic hydroxyl groups is 12. The van der Waals surface area contributed by atoms with E-state index in [1.54, 1.807) is 0 Å². The van der Waals surface area contributed by atoms with E-state index in [1.165, 1.54) is 0 Å². The number of hydrogen-bond acceptors (Lipinski definition) is 22. The number of cyclic esters (lactones) is 1. The van der Waals surface area contributed by atoms with Crippen LogP contribution in [0.15, 0.2) is 36.4 Å². The van der Waals surface area contributed by atoms with Gasteiger partial charge in [-0.05, 0) is 36.4 Å². The highest BCUT2D eigenvalue weighted by Gasteiger charge is 2.52. The lowest BCUT2D eigenvalue weighted by Gasteiger charge is -2.42. The van der Waals surface area contributed by atoms with Gasteiger partial charge in [0.15, 0.2) is 69.7 Å². The summed E-state index contributed by atoms with van der Waals surface area (Å²) in [6.07, 6.45) is -11.2. The number of phenols is 12. The Bertz CT molecular complexity index is 2290. The van der Waals surface area contributed by atoms with Crippen LogP contribution >= 0.6 is 0 Å². The number of carbonyl (C=O) groups is 4. The molecule has 1 fully saturated rings. The predicted octanol–water partition coefficient (Wildman–Crippen LogP) is 0.685. The number of hydrogen-bond donors (Lipinski definition) is 13. The van der Waals surface area contributed by atoms with Gasteiger partial charge in [-0.3, -0.25) is 0 Å². The number of rotatable bonds is 4. The van der Waals surface area contributed by atoms with Gasteiger partial charge in [-0.2, -0.15) is 0 Å². The maximum atomic E-state index is 13.8. The average molecular weight is 787 g/mol. The first-order valence-electron chi connectivity index (χ1n) is 15.5. The van der Waals surface area contributed by atoms with E-state index in [0.29, 0.717) is 36.4 Å². The second-order valence-corrected chi connectivity index (χ2v) is 12.0. The van der Waals surface area contributed by atoms with Crippen molar-refractivity contribution in [1.82, 2.24) is 0 Å². The zero-order valence-electron chi connectivity index (χ0n) is 27.5. The fourth-order valence-corrected chi connectivity index (χ4v) is 5.74. The Hall–Kier alpha value is -7.72. The molecule has 22 nitrogen and oxygen atoms in total. The molecule has 0 spiro atoms. The Morgan fingerprint density at radius 2 is 0.964 bits per heavy atom. The van der Waals surface area contributed by atoms with Crippen molar-refractivity contribution in [3.8, 4) is 80.1 Å². The van der Waals surface area contributed by atoms with Gasteiger partial charge in [0.25, 0.3) is 0 Å². The smallest absolute Gasteiger partial charge is 0.340 e. The highest BCUT2D eigenvalue weighted by molar-refractivity contribution is 6.08. The third-order valence-corrected chi connectivity index (χ3v) is 8.51. The van der Waals surface area contributed by atoms with E-state index in [2.05, 4.69) is 0 Å². The van der Waals surface area contributed by atoms with Crippen LogP contribution in [0.3, 0.4) is 0 Å². The average Bonchev–Trinajstić information content (AvgIpc) is 3.16. The van der Waals surface area contributed by atoms with E-state index in [1.807, 2.05) is 0 Å². The molecule has 294 valence electrons. The van der Waals surface area contributed by atoms with E-state index >= 15 is 0 Å². The number of ether oxygens (including phenoxy) is 5. The molecule has 56 heavy (non-hydrogen) atoms. The predicted molar refractivity (Wildman–Crippen MR) is 174 cm³/mol. The molecule has 0 radical (unpaired) electrons. The maximum Gasteiger partial charge on any atom is 0.340 e. The van der Waals surface area contributed by atoms with Crippen LogP contribution in [0.4, 0.5) is 0 Å². The zero-order valence-corrected chi connectivity index (χ0v) is 27.5. The van der Waals surface area contributed by atoms with Crippen LogP contribution < -0.4 is 0 Å². The number of benzene rings is 4. The highest BCUT2D eigenvalue weighted by Crippen LogP contribution is 2.53. The normalized spacial score (nSPS) is 20.6. The van der Waals surface area contributed by atoms with Gasteiger partial charge in [0.1, 0.15) is 18.8 Å². The van der Waals surface area contributed by atoms with E-state index in [4.69, 9.17) is 23.7 Å². The van der Waals surface area contributed by atoms with Crippen molar-refractivity contribution in [1.29, 1.82) is 0 Å². The van der Waals surface area contributed by atoms with Crippen molar-refractivity contribution in [2.45, 2.75) is 30.7 Å². The van der Waals surface area contributed by atoms with Gasteiger partial charge in [0.2, 0.25) is 17.8 Å². The van der Waals surface area contributed by atoms with Crippen molar-refractivity contribution in [3.05, 3.63) is 58.7 Å². The molecular weight excluding hydrogens is 760 g/mol. The quantitative estimate of drug-likeness (QED) is 0.0768. The molecule has 0 bridgehead atoms. The lowest BCUT2D eigenvalue weighted by molar-refractivity contribution is -0.283. The molecule has 5 atom stereocenters. The van der Waals surface area contributed by atoms with Gasteiger partial charge in [0.05, 0.1) is 22.3 Å². The molecule has 2 aliphatic heterocycles. The maximum absolute atomic E-state index is 13.8. The molecule has 0 unspecified atom stereocenters. The molecule has 13 N–H and O–H groups in total. The van der Waals surface area contributed by atoms with Gasteiger partial charge < -0.3 is 90.1 Å². The SMILES string of the molecule is O=C(O[C@@H]1O[C@@H]2COC(=O)c3cc(O)c(O)c(O)c3-c3c(cc(O)c(O)c3O)C(=O)O[C@H]2[C@H](O)[C@H]1OC(=O)c1cc(O)c(O)c(O)c1)c1cc(O)c(O)c(O)c1. The van der Waals surface area contributed by atoms with Crippen molar-refractivity contribution < 1.29 is 109 Å². The third-order valence-electron chi connectivity index (χ3n) is 8.51. The summed E-state index contributed by atoms with van der Waals surface area (Å²) < 4.78 is 26.9. The molecule has 0 amide bonds. The van der Waals surface area contributed by atoms with Gasteiger partial charge in [-0.25, -0.2) is 19.2 Å². The van der Waals surface area contributed by atoms with Crippen molar-refractivity contribution in [3.63, 3.8) is 0 Å². The summed E-state index contributed by atoms with van der Waals surface area (Å²) in [6.45, 7) is -1.09. The fraction of sp³-hybridized carbons (Fsp3) is 0.176.